The average molecular weight is 630 g/mol. The first-order valence-corrected chi connectivity index (χ1v) is 18.1. The van der Waals surface area contributed by atoms with E-state index in [2.05, 4.69) is 61.8 Å². The van der Waals surface area contributed by atoms with Gasteiger partial charge in [0.2, 0.25) is 0 Å². The van der Waals surface area contributed by atoms with Gasteiger partial charge in [-0.3, -0.25) is 9.80 Å². The van der Waals surface area contributed by atoms with Gasteiger partial charge >= 0.3 is 0 Å². The Hall–Kier alpha value is -1.10. The Kier molecular flexibility index (Phi) is 14.7. The molecule has 0 radical (unpaired) electrons. The van der Waals surface area contributed by atoms with Crippen LogP contribution < -0.4 is 0 Å². The van der Waals surface area contributed by atoms with Crippen molar-refractivity contribution in [2.75, 3.05) is 39.4 Å². The third kappa shape index (κ3) is 12.3. The van der Waals surface area contributed by atoms with Gasteiger partial charge in [-0.15, -0.1) is 0 Å². The van der Waals surface area contributed by atoms with E-state index in [1.165, 1.54) is 75.8 Å². The van der Waals surface area contributed by atoms with Crippen LogP contribution in [0.3, 0.4) is 0 Å². The summed E-state index contributed by atoms with van der Waals surface area (Å²) in [6, 6.07) is 18.0. The molecule has 2 heterocycles. The SMILES string of the molecule is C[C@H]1C[C@H](C)CN(C(CCCc2ccc(Cl)cc2)CCOCCC(CCCc2ccc(Cl)cc2)N2C[C@@H](C)C[C@H](C)C2)C1. The number of aryl methyl sites for hydroxylation is 2. The summed E-state index contributed by atoms with van der Waals surface area (Å²) in [7, 11) is 0. The molecule has 5 heteroatoms. The van der Waals surface area contributed by atoms with Crippen molar-refractivity contribution in [3.8, 4) is 0 Å². The summed E-state index contributed by atoms with van der Waals surface area (Å²) in [6.07, 6.45) is 12.1. The van der Waals surface area contributed by atoms with Gasteiger partial charge in [-0.05, 0) is 123 Å². The number of rotatable bonds is 16. The van der Waals surface area contributed by atoms with Crippen molar-refractivity contribution in [2.45, 2.75) is 104 Å². The van der Waals surface area contributed by atoms with Crippen LogP contribution in [0.15, 0.2) is 48.5 Å². The fourth-order valence-corrected chi connectivity index (χ4v) is 8.22. The van der Waals surface area contributed by atoms with Crippen LogP contribution in [-0.2, 0) is 17.6 Å². The molecule has 0 amide bonds. The van der Waals surface area contributed by atoms with E-state index in [0.717, 1.165) is 72.6 Å². The Balaban J connectivity index is 1.27. The number of nitrogens with zero attached hydrogens (tertiary/aromatic N) is 2. The molecule has 0 aliphatic carbocycles. The first-order chi connectivity index (χ1) is 20.7. The second-order valence-electron chi connectivity index (χ2n) is 14.3. The van der Waals surface area contributed by atoms with Crippen LogP contribution in [0, 0.1) is 23.7 Å². The standard InChI is InChI=1S/C38H58Cl2N2O/c1-29-23-30(2)26-41(25-29)37(9-5-7-33-11-15-35(39)16-12-33)19-21-43-22-20-38(42-27-31(3)24-32(4)28-42)10-6-8-34-13-17-36(40)18-14-34/h11-18,29-32,37-38H,5-10,19-28H2,1-4H3/t29-,30-,31-,32-,37?,38?/m0/s1. The van der Waals surface area contributed by atoms with Crippen LogP contribution in [0.25, 0.3) is 0 Å². The number of benzene rings is 2. The minimum atomic E-state index is 0.608. The van der Waals surface area contributed by atoms with Crippen molar-refractivity contribution in [3.63, 3.8) is 0 Å². The highest BCUT2D eigenvalue weighted by Gasteiger charge is 2.29. The van der Waals surface area contributed by atoms with Crippen molar-refractivity contribution < 1.29 is 4.74 Å². The lowest BCUT2D eigenvalue weighted by Gasteiger charge is -2.41. The lowest BCUT2D eigenvalue weighted by atomic mass is 9.89. The van der Waals surface area contributed by atoms with Crippen LogP contribution in [0.5, 0.6) is 0 Å². The largest absolute Gasteiger partial charge is 0.381 e. The van der Waals surface area contributed by atoms with E-state index in [4.69, 9.17) is 27.9 Å². The molecular formula is C38H58Cl2N2O. The maximum absolute atomic E-state index is 6.46. The monoisotopic (exact) mass is 628 g/mol. The number of ether oxygens (including phenoxy) is 1. The molecule has 2 saturated heterocycles. The van der Waals surface area contributed by atoms with Gasteiger partial charge in [0.25, 0.3) is 0 Å². The molecule has 2 fully saturated rings. The molecule has 2 aromatic carbocycles. The molecule has 0 bridgehead atoms. The van der Waals surface area contributed by atoms with E-state index in [9.17, 15) is 0 Å². The van der Waals surface area contributed by atoms with Crippen molar-refractivity contribution in [3.05, 3.63) is 69.7 Å². The smallest absolute Gasteiger partial charge is 0.0480 e. The van der Waals surface area contributed by atoms with Crippen LogP contribution >= 0.6 is 23.2 Å². The van der Waals surface area contributed by atoms with Gasteiger partial charge < -0.3 is 4.74 Å². The third-order valence-electron chi connectivity index (χ3n) is 9.85. The molecule has 2 aliphatic heterocycles. The summed E-state index contributed by atoms with van der Waals surface area (Å²) in [4.78, 5) is 5.58. The van der Waals surface area contributed by atoms with Gasteiger partial charge in [-0.2, -0.15) is 0 Å². The average Bonchev–Trinajstić information content (AvgIpc) is 2.96. The van der Waals surface area contributed by atoms with Gasteiger partial charge in [-0.25, -0.2) is 0 Å². The van der Waals surface area contributed by atoms with Crippen LogP contribution in [0.1, 0.15) is 90.2 Å². The minimum absolute atomic E-state index is 0.608. The zero-order valence-corrected chi connectivity index (χ0v) is 29.0. The highest BCUT2D eigenvalue weighted by atomic mass is 35.5. The summed E-state index contributed by atoms with van der Waals surface area (Å²) >= 11 is 12.2. The molecule has 2 aromatic rings. The van der Waals surface area contributed by atoms with Crippen molar-refractivity contribution in [2.24, 2.45) is 23.7 Å². The molecule has 4 rings (SSSR count). The second-order valence-corrected chi connectivity index (χ2v) is 15.2. The summed E-state index contributed by atoms with van der Waals surface area (Å²) in [5.74, 6) is 3.13. The van der Waals surface area contributed by atoms with Gasteiger partial charge in [0.15, 0.2) is 0 Å². The predicted octanol–water partition coefficient (Wildman–Crippen LogP) is 9.83. The normalized spacial score (nSPS) is 25.1. The topological polar surface area (TPSA) is 15.7 Å². The lowest BCUT2D eigenvalue weighted by Crippen LogP contribution is -2.46. The first kappa shape index (κ1) is 34.8. The number of hydrogen-bond acceptors (Lipinski definition) is 3. The molecule has 0 N–H and O–H groups in total. The quantitative estimate of drug-likeness (QED) is 0.172. The highest BCUT2D eigenvalue weighted by molar-refractivity contribution is 6.30. The summed E-state index contributed by atoms with van der Waals surface area (Å²) in [5.41, 5.74) is 2.78. The summed E-state index contributed by atoms with van der Waals surface area (Å²) < 4.78 is 6.46. The molecule has 43 heavy (non-hydrogen) atoms. The number of halogens is 2. The zero-order valence-electron chi connectivity index (χ0n) is 27.5. The Labute approximate surface area is 273 Å². The summed E-state index contributed by atoms with van der Waals surface area (Å²) in [5, 5.41) is 1.64. The Morgan fingerprint density at radius 1 is 0.581 bits per heavy atom. The van der Waals surface area contributed by atoms with Crippen molar-refractivity contribution in [1.82, 2.24) is 9.80 Å². The zero-order chi connectivity index (χ0) is 30.6. The van der Waals surface area contributed by atoms with E-state index < -0.39 is 0 Å². The third-order valence-corrected chi connectivity index (χ3v) is 10.4. The van der Waals surface area contributed by atoms with Crippen LogP contribution in [0.2, 0.25) is 10.0 Å². The molecule has 240 valence electrons. The van der Waals surface area contributed by atoms with Crippen LogP contribution in [0.4, 0.5) is 0 Å². The number of likely N-dealkylation sites (tertiary alicyclic amines) is 2. The fraction of sp³-hybridized carbons (Fsp3) is 0.684. The maximum atomic E-state index is 6.46. The van der Waals surface area contributed by atoms with E-state index >= 15 is 0 Å². The van der Waals surface area contributed by atoms with Crippen molar-refractivity contribution in [1.29, 1.82) is 0 Å². The maximum Gasteiger partial charge on any atom is 0.0480 e. The Morgan fingerprint density at radius 3 is 1.28 bits per heavy atom. The number of hydrogen-bond donors (Lipinski definition) is 0. The minimum Gasteiger partial charge on any atom is -0.381 e. The van der Waals surface area contributed by atoms with E-state index in [1.807, 2.05) is 24.3 Å². The van der Waals surface area contributed by atoms with Crippen LogP contribution in [-0.4, -0.2) is 61.3 Å². The van der Waals surface area contributed by atoms with Gasteiger partial charge in [0, 0.05) is 61.5 Å². The fourth-order valence-electron chi connectivity index (χ4n) is 7.96. The second kappa shape index (κ2) is 18.1. The molecule has 0 spiro atoms. The molecule has 0 aromatic heterocycles. The molecular weight excluding hydrogens is 571 g/mol. The lowest BCUT2D eigenvalue weighted by molar-refractivity contribution is 0.0385. The van der Waals surface area contributed by atoms with E-state index in [1.54, 1.807) is 0 Å². The van der Waals surface area contributed by atoms with E-state index in [-0.39, 0.29) is 0 Å². The molecule has 2 unspecified atom stereocenters. The summed E-state index contributed by atoms with van der Waals surface area (Å²) in [6.45, 7) is 16.4. The Morgan fingerprint density at radius 2 is 0.930 bits per heavy atom. The highest BCUT2D eigenvalue weighted by Crippen LogP contribution is 2.28. The van der Waals surface area contributed by atoms with Gasteiger partial charge in [0.1, 0.15) is 0 Å². The molecule has 2 aliphatic rings. The molecule has 6 atom stereocenters. The van der Waals surface area contributed by atoms with Crippen molar-refractivity contribution >= 4 is 23.2 Å². The Bertz CT molecular complexity index is 941. The predicted molar refractivity (Wildman–Crippen MR) is 185 cm³/mol. The molecule has 0 saturated carbocycles. The van der Waals surface area contributed by atoms with Gasteiger partial charge in [0.05, 0.1) is 0 Å². The molecule has 3 nitrogen and oxygen atoms in total. The van der Waals surface area contributed by atoms with Gasteiger partial charge in [-0.1, -0.05) is 75.2 Å². The number of piperidine rings is 2. The first-order valence-electron chi connectivity index (χ1n) is 17.3. The van der Waals surface area contributed by atoms with E-state index in [0.29, 0.717) is 12.1 Å².